The van der Waals surface area contributed by atoms with Gasteiger partial charge in [0.25, 0.3) is 5.91 Å². The number of amides is 1. The Morgan fingerprint density at radius 2 is 1.60 bits per heavy atom. The van der Waals surface area contributed by atoms with Crippen LogP contribution in [0.2, 0.25) is 0 Å². The van der Waals surface area contributed by atoms with E-state index in [1.807, 2.05) is 60.7 Å². The molecule has 5 heteroatoms. The molecule has 3 aromatic carbocycles. The average Bonchev–Trinajstić information content (AvgIpc) is 2.65. The summed E-state index contributed by atoms with van der Waals surface area (Å²) >= 11 is 1.30. The summed E-state index contributed by atoms with van der Waals surface area (Å²) in [7, 11) is 0. The lowest BCUT2D eigenvalue weighted by Crippen LogP contribution is -2.32. The number of aryl methyl sites for hydroxylation is 1. The molecular weight excluding hydrogens is 335 g/mol. The van der Waals surface area contributed by atoms with Crippen LogP contribution in [0.1, 0.15) is 15.9 Å². The van der Waals surface area contributed by atoms with Crippen molar-refractivity contribution in [1.29, 1.82) is 0 Å². The van der Waals surface area contributed by atoms with E-state index in [2.05, 4.69) is 10.3 Å². The number of rotatable bonds is 5. The van der Waals surface area contributed by atoms with Crippen LogP contribution in [0, 0.1) is 12.7 Å². The number of hydrazine groups is 1. The summed E-state index contributed by atoms with van der Waals surface area (Å²) in [5.74, 6) is -0.627. The van der Waals surface area contributed by atoms with E-state index >= 15 is 0 Å². The van der Waals surface area contributed by atoms with Crippen LogP contribution in [0.15, 0.2) is 77.7 Å². The van der Waals surface area contributed by atoms with Gasteiger partial charge in [-0.1, -0.05) is 48.5 Å². The standard InChI is InChI=1S/C20H17FN2OS/c1-14-12-16(13-18(19(14)21)15-8-4-2-5-9-15)20(24)22-23-25-17-10-6-3-7-11-17/h2-13,23H,1H3,(H,22,24). The monoisotopic (exact) mass is 352 g/mol. The first-order chi connectivity index (χ1) is 12.1. The molecule has 0 unspecified atom stereocenters. The van der Waals surface area contributed by atoms with Gasteiger partial charge in [-0.2, -0.15) is 4.83 Å². The Morgan fingerprint density at radius 1 is 0.960 bits per heavy atom. The van der Waals surface area contributed by atoms with Gasteiger partial charge in [-0.25, -0.2) is 4.39 Å². The van der Waals surface area contributed by atoms with Crippen LogP contribution in [0.5, 0.6) is 0 Å². The highest BCUT2D eigenvalue weighted by Gasteiger charge is 2.14. The first-order valence-corrected chi connectivity index (χ1v) is 8.59. The van der Waals surface area contributed by atoms with Gasteiger partial charge in [0.15, 0.2) is 0 Å². The average molecular weight is 352 g/mol. The van der Waals surface area contributed by atoms with E-state index in [0.717, 1.165) is 10.5 Å². The van der Waals surface area contributed by atoms with Gasteiger partial charge in [0, 0.05) is 16.0 Å². The van der Waals surface area contributed by atoms with Gasteiger partial charge in [0.05, 0.1) is 0 Å². The van der Waals surface area contributed by atoms with Gasteiger partial charge in [0.2, 0.25) is 0 Å². The van der Waals surface area contributed by atoms with Crippen molar-refractivity contribution in [3.8, 4) is 11.1 Å². The fourth-order valence-corrected chi connectivity index (χ4v) is 2.97. The third-order valence-corrected chi connectivity index (χ3v) is 4.39. The second-order valence-electron chi connectivity index (χ2n) is 5.49. The Morgan fingerprint density at radius 3 is 2.28 bits per heavy atom. The predicted molar refractivity (Wildman–Crippen MR) is 99.5 cm³/mol. The molecule has 2 N–H and O–H groups in total. The van der Waals surface area contributed by atoms with Crippen LogP contribution in [0.25, 0.3) is 11.1 Å². The summed E-state index contributed by atoms with van der Waals surface area (Å²) in [5, 5.41) is 0. The maximum absolute atomic E-state index is 14.5. The van der Waals surface area contributed by atoms with Gasteiger partial charge >= 0.3 is 0 Å². The smallest absolute Gasteiger partial charge is 0.266 e. The maximum atomic E-state index is 14.5. The normalized spacial score (nSPS) is 10.5. The predicted octanol–water partition coefficient (Wildman–Crippen LogP) is 4.74. The molecule has 0 radical (unpaired) electrons. The zero-order chi connectivity index (χ0) is 17.6. The Labute approximate surface area is 150 Å². The summed E-state index contributed by atoms with van der Waals surface area (Å²) < 4.78 is 14.5. The zero-order valence-corrected chi connectivity index (χ0v) is 14.4. The summed E-state index contributed by atoms with van der Waals surface area (Å²) in [6.45, 7) is 1.66. The van der Waals surface area contributed by atoms with Crippen molar-refractivity contribution >= 4 is 17.9 Å². The number of hydrogen-bond donors (Lipinski definition) is 2. The van der Waals surface area contributed by atoms with Crippen molar-refractivity contribution in [2.24, 2.45) is 0 Å². The number of carbonyl (C=O) groups excluding carboxylic acids is 1. The van der Waals surface area contributed by atoms with E-state index in [0.29, 0.717) is 16.7 Å². The molecule has 0 saturated heterocycles. The Kier molecular flexibility index (Phi) is 5.48. The summed E-state index contributed by atoms with van der Waals surface area (Å²) in [6.07, 6.45) is 0. The number of hydrogen-bond acceptors (Lipinski definition) is 3. The van der Waals surface area contributed by atoms with E-state index < -0.39 is 0 Å². The molecule has 0 aliphatic heterocycles. The van der Waals surface area contributed by atoms with Crippen molar-refractivity contribution in [2.75, 3.05) is 0 Å². The van der Waals surface area contributed by atoms with Gasteiger partial charge in [-0.15, -0.1) is 0 Å². The minimum Gasteiger partial charge on any atom is -0.277 e. The quantitative estimate of drug-likeness (QED) is 0.515. The van der Waals surface area contributed by atoms with Crippen molar-refractivity contribution in [3.63, 3.8) is 0 Å². The molecule has 0 aromatic heterocycles. The lowest BCUT2D eigenvalue weighted by atomic mass is 9.99. The SMILES string of the molecule is Cc1cc(C(=O)NNSc2ccccc2)cc(-c2ccccc2)c1F. The molecule has 25 heavy (non-hydrogen) atoms. The molecule has 3 nitrogen and oxygen atoms in total. The summed E-state index contributed by atoms with van der Waals surface area (Å²) in [4.78, 5) is 16.2. The fraction of sp³-hybridized carbons (Fsp3) is 0.0500. The van der Waals surface area contributed by atoms with Crippen LogP contribution in [0.3, 0.4) is 0 Å². The van der Waals surface area contributed by atoms with E-state index in [1.165, 1.54) is 11.9 Å². The van der Waals surface area contributed by atoms with E-state index in [-0.39, 0.29) is 11.7 Å². The van der Waals surface area contributed by atoms with Crippen molar-refractivity contribution in [1.82, 2.24) is 10.3 Å². The third-order valence-electron chi connectivity index (χ3n) is 3.68. The first-order valence-electron chi connectivity index (χ1n) is 7.78. The van der Waals surface area contributed by atoms with Crippen molar-refractivity contribution < 1.29 is 9.18 Å². The molecule has 0 aliphatic rings. The van der Waals surface area contributed by atoms with Gasteiger partial charge < -0.3 is 0 Å². The van der Waals surface area contributed by atoms with Crippen LogP contribution < -0.4 is 10.3 Å². The fourth-order valence-electron chi connectivity index (χ4n) is 2.42. The number of nitrogens with one attached hydrogen (secondary N) is 2. The zero-order valence-electron chi connectivity index (χ0n) is 13.6. The minimum atomic E-state index is -0.316. The Bertz CT molecular complexity index is 870. The number of carbonyl (C=O) groups is 1. The molecule has 3 rings (SSSR count). The molecule has 0 saturated carbocycles. The van der Waals surface area contributed by atoms with Crippen LogP contribution in [-0.2, 0) is 0 Å². The highest BCUT2D eigenvalue weighted by molar-refractivity contribution is 7.97. The third kappa shape index (κ3) is 4.26. The molecule has 0 heterocycles. The molecule has 0 bridgehead atoms. The summed E-state index contributed by atoms with van der Waals surface area (Å²) in [6, 6.07) is 21.9. The van der Waals surface area contributed by atoms with Crippen LogP contribution in [0.4, 0.5) is 4.39 Å². The van der Waals surface area contributed by atoms with Gasteiger partial charge in [-0.05, 0) is 54.3 Å². The van der Waals surface area contributed by atoms with Crippen molar-refractivity contribution in [3.05, 3.63) is 89.7 Å². The second-order valence-corrected chi connectivity index (χ2v) is 6.37. The van der Waals surface area contributed by atoms with Crippen LogP contribution >= 0.6 is 11.9 Å². The molecule has 1 amide bonds. The minimum absolute atomic E-state index is 0.311. The largest absolute Gasteiger partial charge is 0.277 e. The lowest BCUT2D eigenvalue weighted by molar-refractivity contribution is 0.0947. The Hall–Kier alpha value is -2.63. The number of benzene rings is 3. The topological polar surface area (TPSA) is 41.1 Å². The number of halogens is 1. The molecule has 0 fully saturated rings. The van der Waals surface area contributed by atoms with E-state index in [9.17, 15) is 9.18 Å². The van der Waals surface area contributed by atoms with Gasteiger partial charge in [0.1, 0.15) is 5.82 Å². The lowest BCUT2D eigenvalue weighted by Gasteiger charge is -2.11. The molecule has 0 aliphatic carbocycles. The maximum Gasteiger partial charge on any atom is 0.266 e. The first kappa shape index (κ1) is 17.2. The molecular formula is C20H17FN2OS. The van der Waals surface area contributed by atoms with E-state index in [4.69, 9.17) is 0 Å². The summed E-state index contributed by atoms with van der Waals surface area (Å²) in [5.41, 5.74) is 4.62. The molecule has 126 valence electrons. The molecule has 0 atom stereocenters. The molecule has 0 spiro atoms. The van der Waals surface area contributed by atoms with Crippen molar-refractivity contribution in [2.45, 2.75) is 11.8 Å². The second kappa shape index (κ2) is 7.96. The van der Waals surface area contributed by atoms with Crippen LogP contribution in [-0.4, -0.2) is 5.91 Å². The Balaban J connectivity index is 1.75. The molecule has 3 aromatic rings. The highest BCUT2D eigenvalue weighted by atomic mass is 32.2. The highest BCUT2D eigenvalue weighted by Crippen LogP contribution is 2.26. The van der Waals surface area contributed by atoms with Gasteiger partial charge in [-0.3, -0.25) is 10.2 Å². The van der Waals surface area contributed by atoms with E-state index in [1.54, 1.807) is 19.1 Å².